The molecule has 0 spiro atoms. The number of amides is 2. The summed E-state index contributed by atoms with van der Waals surface area (Å²) in [6.45, 7) is 0. The molecule has 0 aliphatic carbocycles. The van der Waals surface area contributed by atoms with Gasteiger partial charge in [-0.25, -0.2) is 0 Å². The lowest BCUT2D eigenvalue weighted by Gasteiger charge is -2.04. The van der Waals surface area contributed by atoms with Gasteiger partial charge < -0.3 is 9.73 Å². The first-order valence-electron chi connectivity index (χ1n) is 7.22. The van der Waals surface area contributed by atoms with Gasteiger partial charge >= 0.3 is 5.91 Å². The van der Waals surface area contributed by atoms with E-state index in [0.29, 0.717) is 9.47 Å². The first-order chi connectivity index (χ1) is 12.6. The zero-order valence-electron chi connectivity index (χ0n) is 13.1. The van der Waals surface area contributed by atoms with Gasteiger partial charge in [0.25, 0.3) is 0 Å². The van der Waals surface area contributed by atoms with Gasteiger partial charge in [-0.15, -0.1) is 10.2 Å². The molecule has 3 N–H and O–H groups in total. The van der Waals surface area contributed by atoms with E-state index < -0.39 is 5.91 Å². The Morgan fingerprint density at radius 1 is 1.19 bits per heavy atom. The van der Waals surface area contributed by atoms with E-state index in [4.69, 9.17) is 4.42 Å². The predicted octanol–water partition coefficient (Wildman–Crippen LogP) is 3.19. The van der Waals surface area contributed by atoms with E-state index in [2.05, 4.69) is 42.3 Å². The third-order valence-corrected chi connectivity index (χ3v) is 5.33. The number of furan rings is 1. The van der Waals surface area contributed by atoms with Crippen LogP contribution in [0, 0.1) is 0 Å². The molecule has 1 aromatic carbocycles. The van der Waals surface area contributed by atoms with Crippen molar-refractivity contribution in [1.29, 1.82) is 0 Å². The van der Waals surface area contributed by atoms with Crippen molar-refractivity contribution >= 4 is 61.7 Å². The van der Waals surface area contributed by atoms with Crippen molar-refractivity contribution in [3.63, 3.8) is 0 Å². The van der Waals surface area contributed by atoms with E-state index in [1.54, 1.807) is 6.07 Å². The number of hydrazine groups is 1. The first kappa shape index (κ1) is 18.4. The molecule has 0 radical (unpaired) electrons. The van der Waals surface area contributed by atoms with Gasteiger partial charge in [0.05, 0.1) is 12.0 Å². The number of carbonyl (C=O) groups excluding carboxylic acids is 2. The molecular weight excluding hydrogens is 442 g/mol. The van der Waals surface area contributed by atoms with Gasteiger partial charge in [-0.05, 0) is 30.3 Å². The van der Waals surface area contributed by atoms with Crippen molar-refractivity contribution in [1.82, 2.24) is 21.0 Å². The molecule has 3 aromatic rings. The Morgan fingerprint density at radius 3 is 2.85 bits per heavy atom. The molecule has 0 bridgehead atoms. The van der Waals surface area contributed by atoms with Crippen molar-refractivity contribution in [2.75, 3.05) is 11.1 Å². The highest BCUT2D eigenvalue weighted by Crippen LogP contribution is 2.28. The molecule has 2 aromatic heterocycles. The van der Waals surface area contributed by atoms with E-state index in [1.165, 1.54) is 35.4 Å². The summed E-state index contributed by atoms with van der Waals surface area (Å²) < 4.78 is 6.51. The maximum Gasteiger partial charge on any atom is 0.305 e. The van der Waals surface area contributed by atoms with Crippen LogP contribution in [0.3, 0.4) is 0 Å². The lowest BCUT2D eigenvalue weighted by atomic mass is 10.3. The SMILES string of the molecule is O=C(CSc1nnc(Nc2cccc(Br)c2)s1)NNC(=O)c1ccco1. The fourth-order valence-corrected chi connectivity index (χ4v) is 3.74. The standard InChI is InChI=1S/C15H12BrN5O3S2/c16-9-3-1-4-10(7-9)17-14-20-21-15(26-14)25-8-12(22)18-19-13(23)11-5-2-6-24-11/h1-7H,8H2,(H,17,20)(H,18,22)(H,19,23). The molecule has 2 amide bonds. The van der Waals surface area contributed by atoms with Crippen LogP contribution in [0.25, 0.3) is 0 Å². The summed E-state index contributed by atoms with van der Waals surface area (Å²) in [6.07, 6.45) is 1.38. The molecule has 11 heteroatoms. The van der Waals surface area contributed by atoms with Crippen LogP contribution in [-0.2, 0) is 4.79 Å². The zero-order valence-corrected chi connectivity index (χ0v) is 16.3. The second kappa shape index (κ2) is 8.83. The molecule has 0 saturated carbocycles. The minimum atomic E-state index is -0.523. The smallest absolute Gasteiger partial charge is 0.305 e. The highest BCUT2D eigenvalue weighted by molar-refractivity contribution is 9.10. The summed E-state index contributed by atoms with van der Waals surface area (Å²) in [4.78, 5) is 23.4. The molecule has 0 aliphatic heterocycles. The number of aromatic nitrogens is 2. The number of nitrogens with zero attached hydrogens (tertiary/aromatic N) is 2. The Labute approximate surface area is 164 Å². The Bertz CT molecular complexity index is 900. The largest absolute Gasteiger partial charge is 0.459 e. The zero-order chi connectivity index (χ0) is 18.4. The Balaban J connectivity index is 1.44. The van der Waals surface area contributed by atoms with Crippen LogP contribution in [0.15, 0.2) is 55.9 Å². The van der Waals surface area contributed by atoms with Gasteiger partial charge in [-0.1, -0.05) is 45.1 Å². The molecular formula is C15H12BrN5O3S2. The molecule has 0 saturated heterocycles. The van der Waals surface area contributed by atoms with Crippen LogP contribution >= 0.6 is 39.0 Å². The number of anilines is 2. The summed E-state index contributed by atoms with van der Waals surface area (Å²) >= 11 is 5.95. The van der Waals surface area contributed by atoms with Crippen LogP contribution in [-0.4, -0.2) is 27.8 Å². The number of thioether (sulfide) groups is 1. The van der Waals surface area contributed by atoms with Crippen LogP contribution in [0.4, 0.5) is 10.8 Å². The lowest BCUT2D eigenvalue weighted by molar-refractivity contribution is -0.119. The topological polar surface area (TPSA) is 109 Å². The highest BCUT2D eigenvalue weighted by atomic mass is 79.9. The maximum atomic E-state index is 11.8. The minimum Gasteiger partial charge on any atom is -0.459 e. The van der Waals surface area contributed by atoms with Crippen molar-refractivity contribution in [2.45, 2.75) is 4.34 Å². The summed E-state index contributed by atoms with van der Waals surface area (Å²) in [5.74, 6) is -0.689. The fraction of sp³-hybridized carbons (Fsp3) is 0.0667. The number of benzene rings is 1. The normalized spacial score (nSPS) is 10.3. The average molecular weight is 454 g/mol. The Hall–Kier alpha value is -2.37. The monoisotopic (exact) mass is 453 g/mol. The molecule has 134 valence electrons. The fourth-order valence-electron chi connectivity index (χ4n) is 1.77. The molecule has 0 atom stereocenters. The van der Waals surface area contributed by atoms with Gasteiger partial charge in [0, 0.05) is 10.2 Å². The first-order valence-corrected chi connectivity index (χ1v) is 9.81. The van der Waals surface area contributed by atoms with E-state index in [9.17, 15) is 9.59 Å². The third kappa shape index (κ3) is 5.31. The molecule has 0 aliphatic rings. The quantitative estimate of drug-likeness (QED) is 0.388. The van der Waals surface area contributed by atoms with Crippen molar-refractivity contribution in [2.24, 2.45) is 0 Å². The van der Waals surface area contributed by atoms with Crippen molar-refractivity contribution < 1.29 is 14.0 Å². The van der Waals surface area contributed by atoms with Gasteiger partial charge in [-0.2, -0.15) is 0 Å². The van der Waals surface area contributed by atoms with E-state index in [0.717, 1.165) is 10.2 Å². The summed E-state index contributed by atoms with van der Waals surface area (Å²) in [5, 5.41) is 11.8. The van der Waals surface area contributed by atoms with E-state index in [1.807, 2.05) is 24.3 Å². The van der Waals surface area contributed by atoms with Gasteiger partial charge in [0.1, 0.15) is 0 Å². The number of carbonyl (C=O) groups is 2. The summed E-state index contributed by atoms with van der Waals surface area (Å²) in [5.41, 5.74) is 5.46. The van der Waals surface area contributed by atoms with Crippen LogP contribution < -0.4 is 16.2 Å². The van der Waals surface area contributed by atoms with Crippen LogP contribution in [0.5, 0.6) is 0 Å². The molecule has 0 fully saturated rings. The Morgan fingerprint density at radius 2 is 2.08 bits per heavy atom. The van der Waals surface area contributed by atoms with Gasteiger partial charge in [0.2, 0.25) is 11.0 Å². The average Bonchev–Trinajstić information content (AvgIpc) is 3.30. The predicted molar refractivity (Wildman–Crippen MR) is 102 cm³/mol. The molecule has 8 nitrogen and oxygen atoms in total. The molecule has 26 heavy (non-hydrogen) atoms. The Kier molecular flexibility index (Phi) is 6.26. The van der Waals surface area contributed by atoms with Crippen molar-refractivity contribution in [3.05, 3.63) is 52.9 Å². The van der Waals surface area contributed by atoms with E-state index in [-0.39, 0.29) is 17.4 Å². The third-order valence-electron chi connectivity index (χ3n) is 2.87. The number of rotatable bonds is 6. The molecule has 0 unspecified atom stereocenters. The molecule has 3 rings (SSSR count). The second-order valence-electron chi connectivity index (χ2n) is 4.78. The number of hydrogen-bond acceptors (Lipinski definition) is 8. The second-order valence-corrected chi connectivity index (χ2v) is 7.89. The van der Waals surface area contributed by atoms with Gasteiger partial charge in [0.15, 0.2) is 10.1 Å². The lowest BCUT2D eigenvalue weighted by Crippen LogP contribution is -2.42. The van der Waals surface area contributed by atoms with Crippen molar-refractivity contribution in [3.8, 4) is 0 Å². The van der Waals surface area contributed by atoms with Crippen LogP contribution in [0.2, 0.25) is 0 Å². The number of hydrogen-bond donors (Lipinski definition) is 3. The number of nitrogens with one attached hydrogen (secondary N) is 3. The van der Waals surface area contributed by atoms with E-state index >= 15 is 0 Å². The summed E-state index contributed by atoms with van der Waals surface area (Å²) in [6, 6.07) is 10.7. The molecule has 2 heterocycles. The highest BCUT2D eigenvalue weighted by Gasteiger charge is 2.11. The maximum absolute atomic E-state index is 11.8. The summed E-state index contributed by atoms with van der Waals surface area (Å²) in [7, 11) is 0. The minimum absolute atomic E-state index is 0.0873. The van der Waals surface area contributed by atoms with Crippen LogP contribution in [0.1, 0.15) is 10.6 Å². The number of halogens is 1. The van der Waals surface area contributed by atoms with Gasteiger partial charge in [-0.3, -0.25) is 20.4 Å².